The molecule has 2 heterocycles. The van der Waals surface area contributed by atoms with Gasteiger partial charge in [-0.25, -0.2) is 0 Å². The molecule has 1 aromatic rings. The lowest BCUT2D eigenvalue weighted by Gasteiger charge is -2.14. The van der Waals surface area contributed by atoms with Gasteiger partial charge in [0.1, 0.15) is 6.54 Å². The third kappa shape index (κ3) is 1.86. The van der Waals surface area contributed by atoms with Crippen molar-refractivity contribution in [2.75, 3.05) is 18.8 Å². The SMILES string of the molecule is Nc1cnn(CC(=O)N2CCCC2)c1. The summed E-state index contributed by atoms with van der Waals surface area (Å²) in [6.07, 6.45) is 5.46. The molecule has 1 fully saturated rings. The van der Waals surface area contributed by atoms with E-state index in [1.807, 2.05) is 4.90 Å². The van der Waals surface area contributed by atoms with Crippen LogP contribution < -0.4 is 5.73 Å². The van der Waals surface area contributed by atoms with E-state index in [0.717, 1.165) is 25.9 Å². The summed E-state index contributed by atoms with van der Waals surface area (Å²) in [5.41, 5.74) is 6.10. The first-order chi connectivity index (χ1) is 6.75. The highest BCUT2D eigenvalue weighted by atomic mass is 16.2. The average Bonchev–Trinajstić information content (AvgIpc) is 2.75. The number of nitrogens with two attached hydrogens (primary N) is 1. The number of hydrogen-bond acceptors (Lipinski definition) is 3. The number of amides is 1. The lowest BCUT2D eigenvalue weighted by molar-refractivity contribution is -0.130. The van der Waals surface area contributed by atoms with Gasteiger partial charge in [-0.05, 0) is 12.8 Å². The van der Waals surface area contributed by atoms with Crippen molar-refractivity contribution in [2.45, 2.75) is 19.4 Å². The molecule has 1 amide bonds. The van der Waals surface area contributed by atoms with Crippen molar-refractivity contribution in [3.05, 3.63) is 12.4 Å². The summed E-state index contributed by atoms with van der Waals surface area (Å²) < 4.78 is 1.58. The molecule has 14 heavy (non-hydrogen) atoms. The van der Waals surface area contributed by atoms with Crippen LogP contribution in [0.25, 0.3) is 0 Å². The number of aromatic nitrogens is 2. The predicted octanol–water partition coefficient (Wildman–Crippen LogP) is 0.0877. The molecule has 1 aromatic heterocycles. The highest BCUT2D eigenvalue weighted by Crippen LogP contribution is 2.08. The molecule has 0 saturated carbocycles. The Labute approximate surface area is 82.5 Å². The molecule has 0 radical (unpaired) electrons. The molecule has 1 saturated heterocycles. The second kappa shape index (κ2) is 3.69. The van der Waals surface area contributed by atoms with Gasteiger partial charge in [-0.3, -0.25) is 9.48 Å². The number of hydrogen-bond donors (Lipinski definition) is 1. The summed E-state index contributed by atoms with van der Waals surface area (Å²) in [7, 11) is 0. The molecule has 5 heteroatoms. The van der Waals surface area contributed by atoms with Gasteiger partial charge in [0.05, 0.1) is 11.9 Å². The quantitative estimate of drug-likeness (QED) is 0.725. The van der Waals surface area contributed by atoms with Crippen LogP contribution in [0.15, 0.2) is 12.4 Å². The van der Waals surface area contributed by atoms with Crippen molar-refractivity contribution in [2.24, 2.45) is 0 Å². The molecule has 0 atom stereocenters. The molecule has 1 aliphatic rings. The van der Waals surface area contributed by atoms with Crippen LogP contribution in [0.4, 0.5) is 5.69 Å². The largest absolute Gasteiger partial charge is 0.396 e. The van der Waals surface area contributed by atoms with E-state index in [1.165, 1.54) is 0 Å². The van der Waals surface area contributed by atoms with Crippen molar-refractivity contribution in [1.29, 1.82) is 0 Å². The van der Waals surface area contributed by atoms with E-state index in [1.54, 1.807) is 17.1 Å². The van der Waals surface area contributed by atoms with E-state index >= 15 is 0 Å². The first kappa shape index (κ1) is 9.05. The summed E-state index contributed by atoms with van der Waals surface area (Å²) >= 11 is 0. The summed E-state index contributed by atoms with van der Waals surface area (Å²) in [5, 5.41) is 3.97. The molecule has 0 spiro atoms. The zero-order valence-electron chi connectivity index (χ0n) is 8.02. The van der Waals surface area contributed by atoms with Gasteiger partial charge in [-0.2, -0.15) is 5.10 Å². The Balaban J connectivity index is 1.93. The van der Waals surface area contributed by atoms with Crippen LogP contribution in [0.1, 0.15) is 12.8 Å². The summed E-state index contributed by atoms with van der Waals surface area (Å²) in [6.45, 7) is 2.07. The number of nitrogen functional groups attached to an aromatic ring is 1. The minimum absolute atomic E-state index is 0.130. The maximum atomic E-state index is 11.6. The lowest BCUT2D eigenvalue weighted by atomic mass is 10.4. The maximum absolute atomic E-state index is 11.6. The summed E-state index contributed by atoms with van der Waals surface area (Å²) in [4.78, 5) is 13.5. The van der Waals surface area contributed by atoms with E-state index in [-0.39, 0.29) is 5.91 Å². The highest BCUT2D eigenvalue weighted by molar-refractivity contribution is 5.76. The molecule has 0 aliphatic carbocycles. The van der Waals surface area contributed by atoms with Crippen molar-refractivity contribution in [1.82, 2.24) is 14.7 Å². The predicted molar refractivity (Wildman–Crippen MR) is 52.5 cm³/mol. The van der Waals surface area contributed by atoms with Crippen LogP contribution >= 0.6 is 0 Å². The standard InChI is InChI=1S/C9H14N4O/c10-8-5-11-13(6-8)7-9(14)12-3-1-2-4-12/h5-6H,1-4,7,10H2. The molecule has 0 aromatic carbocycles. The number of anilines is 1. The third-order valence-electron chi connectivity index (χ3n) is 2.41. The zero-order valence-corrected chi connectivity index (χ0v) is 8.02. The van der Waals surface area contributed by atoms with Gasteiger partial charge in [0.15, 0.2) is 0 Å². The van der Waals surface area contributed by atoms with Gasteiger partial charge in [0.2, 0.25) is 5.91 Å². The van der Waals surface area contributed by atoms with Crippen molar-refractivity contribution in [3.8, 4) is 0 Å². The Morgan fingerprint density at radius 2 is 2.21 bits per heavy atom. The van der Waals surface area contributed by atoms with Gasteiger partial charge < -0.3 is 10.6 Å². The van der Waals surface area contributed by atoms with Gasteiger partial charge in [0, 0.05) is 19.3 Å². The van der Waals surface area contributed by atoms with Crippen LogP contribution in [0.5, 0.6) is 0 Å². The van der Waals surface area contributed by atoms with Crippen LogP contribution in [0.3, 0.4) is 0 Å². The van der Waals surface area contributed by atoms with Crippen molar-refractivity contribution in [3.63, 3.8) is 0 Å². The third-order valence-corrected chi connectivity index (χ3v) is 2.41. The smallest absolute Gasteiger partial charge is 0.244 e. The zero-order chi connectivity index (χ0) is 9.97. The molecule has 2 rings (SSSR count). The van der Waals surface area contributed by atoms with E-state index in [4.69, 9.17) is 5.73 Å². The first-order valence-electron chi connectivity index (χ1n) is 4.81. The van der Waals surface area contributed by atoms with Crippen molar-refractivity contribution >= 4 is 11.6 Å². The van der Waals surface area contributed by atoms with Crippen LogP contribution in [-0.4, -0.2) is 33.7 Å². The second-order valence-electron chi connectivity index (χ2n) is 3.56. The van der Waals surface area contributed by atoms with E-state index in [0.29, 0.717) is 12.2 Å². The highest BCUT2D eigenvalue weighted by Gasteiger charge is 2.17. The summed E-state index contributed by atoms with van der Waals surface area (Å²) in [5.74, 6) is 0.130. The fraction of sp³-hybridized carbons (Fsp3) is 0.556. The Bertz CT molecular complexity index is 327. The van der Waals surface area contributed by atoms with Crippen LogP contribution in [0.2, 0.25) is 0 Å². The maximum Gasteiger partial charge on any atom is 0.244 e. The number of nitrogens with zero attached hydrogens (tertiary/aromatic N) is 3. The number of carbonyl (C=O) groups is 1. The number of likely N-dealkylation sites (tertiary alicyclic amines) is 1. The average molecular weight is 194 g/mol. The molecule has 1 aliphatic heterocycles. The number of carbonyl (C=O) groups excluding carboxylic acids is 1. The monoisotopic (exact) mass is 194 g/mol. The van der Waals surface area contributed by atoms with Gasteiger partial charge in [-0.1, -0.05) is 0 Å². The van der Waals surface area contributed by atoms with E-state index in [9.17, 15) is 4.79 Å². The minimum atomic E-state index is 0.130. The van der Waals surface area contributed by atoms with Gasteiger partial charge >= 0.3 is 0 Å². The van der Waals surface area contributed by atoms with Gasteiger partial charge in [-0.15, -0.1) is 0 Å². The molecule has 0 bridgehead atoms. The fourth-order valence-electron chi connectivity index (χ4n) is 1.67. The normalized spacial score (nSPS) is 16.1. The van der Waals surface area contributed by atoms with Crippen LogP contribution in [0, 0.1) is 0 Å². The Morgan fingerprint density at radius 1 is 1.50 bits per heavy atom. The van der Waals surface area contributed by atoms with E-state index in [2.05, 4.69) is 5.10 Å². The molecular formula is C9H14N4O. The lowest BCUT2D eigenvalue weighted by Crippen LogP contribution is -2.31. The molecule has 0 unspecified atom stereocenters. The Kier molecular flexibility index (Phi) is 2.39. The van der Waals surface area contributed by atoms with Crippen molar-refractivity contribution < 1.29 is 4.79 Å². The second-order valence-corrected chi connectivity index (χ2v) is 3.56. The molecular weight excluding hydrogens is 180 g/mol. The topological polar surface area (TPSA) is 64.1 Å². The Morgan fingerprint density at radius 3 is 2.79 bits per heavy atom. The first-order valence-corrected chi connectivity index (χ1v) is 4.81. The minimum Gasteiger partial charge on any atom is -0.396 e. The fourth-order valence-corrected chi connectivity index (χ4v) is 1.67. The number of rotatable bonds is 2. The van der Waals surface area contributed by atoms with E-state index < -0.39 is 0 Å². The van der Waals surface area contributed by atoms with Gasteiger partial charge in [0.25, 0.3) is 0 Å². The molecule has 5 nitrogen and oxygen atoms in total. The summed E-state index contributed by atoms with van der Waals surface area (Å²) in [6, 6.07) is 0. The molecule has 76 valence electrons. The molecule has 2 N–H and O–H groups in total. The Hall–Kier alpha value is -1.52. The van der Waals surface area contributed by atoms with Crippen LogP contribution in [-0.2, 0) is 11.3 Å².